The first-order valence-electron chi connectivity index (χ1n) is 16.3. The number of nitrogens with one attached hydrogen (secondary N) is 2. The highest BCUT2D eigenvalue weighted by atomic mass is 32.2. The van der Waals surface area contributed by atoms with Gasteiger partial charge in [-0.05, 0) is 67.2 Å². The fraction of sp³-hybridized carbons (Fsp3) is 0.361. The number of benzene rings is 3. The molecule has 0 spiro atoms. The summed E-state index contributed by atoms with van der Waals surface area (Å²) in [7, 11) is 0. The normalized spacial score (nSPS) is 27.1. The molecule has 3 fully saturated rings. The predicted octanol–water partition coefficient (Wildman–Crippen LogP) is 4.95. The quantitative estimate of drug-likeness (QED) is 0.206. The second kappa shape index (κ2) is 12.1. The minimum Gasteiger partial charge on any atom is -0.490 e. The molecule has 7 unspecified atom stereocenters. The number of thiazole rings is 1. The van der Waals surface area contributed by atoms with Gasteiger partial charge in [0.25, 0.3) is 5.91 Å². The number of imide groups is 1. The Morgan fingerprint density at radius 1 is 1.00 bits per heavy atom. The van der Waals surface area contributed by atoms with Crippen LogP contribution in [-0.2, 0) is 19.2 Å². The molecule has 2 saturated carbocycles. The Morgan fingerprint density at radius 3 is 2.53 bits per heavy atom. The van der Waals surface area contributed by atoms with E-state index in [1.54, 1.807) is 17.8 Å². The van der Waals surface area contributed by atoms with Gasteiger partial charge in [0.15, 0.2) is 18.1 Å². The fourth-order valence-corrected chi connectivity index (χ4v) is 11.6. The number of rotatable bonds is 9. The van der Waals surface area contributed by atoms with Gasteiger partial charge in [-0.1, -0.05) is 53.8 Å². The number of hydrogen-bond acceptors (Lipinski definition) is 9. The number of aliphatic carboxylic acids is 1. The monoisotopic (exact) mass is 699 g/mol. The molecule has 8 rings (SSSR count). The number of fused-ring (bicyclic) bond motifs is 10. The van der Waals surface area contributed by atoms with E-state index in [0.717, 1.165) is 42.5 Å². The molecular formula is C36H33N3O8S2. The van der Waals surface area contributed by atoms with Crippen molar-refractivity contribution in [1.29, 1.82) is 0 Å². The Kier molecular flexibility index (Phi) is 7.79. The summed E-state index contributed by atoms with van der Waals surface area (Å²) >= 11 is 2.71. The van der Waals surface area contributed by atoms with Gasteiger partial charge in [-0.3, -0.25) is 24.1 Å². The summed E-state index contributed by atoms with van der Waals surface area (Å²) in [6, 6.07) is 17.8. The average molecular weight is 700 g/mol. The highest BCUT2D eigenvalue weighted by molar-refractivity contribution is 8.00. The largest absolute Gasteiger partial charge is 0.490 e. The lowest BCUT2D eigenvalue weighted by Gasteiger charge is -2.43. The SMILES string of the molecule is CCOc1cc([C@H]2c3sc(=O)[nH]c3SC3C4CC(C5C(=O)N(C(C)C(=O)O)C(=O)C45)C32)ccc1OCC(=O)Nc1cccc2ccccc12. The van der Waals surface area contributed by atoms with E-state index in [0.29, 0.717) is 30.2 Å². The second-order valence-corrected chi connectivity index (χ2v) is 15.2. The summed E-state index contributed by atoms with van der Waals surface area (Å²) in [5.41, 5.74) is 1.56. The summed E-state index contributed by atoms with van der Waals surface area (Å²) in [4.78, 5) is 69.4. The third-order valence-corrected chi connectivity index (χ3v) is 13.1. The molecule has 4 aliphatic rings. The lowest BCUT2D eigenvalue weighted by molar-refractivity contribution is -0.154. The van der Waals surface area contributed by atoms with E-state index < -0.39 is 35.7 Å². The van der Waals surface area contributed by atoms with Crippen LogP contribution < -0.4 is 19.7 Å². The van der Waals surface area contributed by atoms with Crippen molar-refractivity contribution >= 4 is 63.2 Å². The van der Waals surface area contributed by atoms with Gasteiger partial charge in [-0.25, -0.2) is 4.79 Å². The van der Waals surface area contributed by atoms with Crippen LogP contribution in [0.3, 0.4) is 0 Å². The van der Waals surface area contributed by atoms with E-state index in [-0.39, 0.29) is 46.3 Å². The molecule has 0 radical (unpaired) electrons. The maximum Gasteiger partial charge on any atom is 0.326 e. The molecule has 2 aliphatic heterocycles. The molecule has 8 atom stereocenters. The zero-order chi connectivity index (χ0) is 34.1. The Labute approximate surface area is 289 Å². The van der Waals surface area contributed by atoms with Crippen molar-refractivity contribution < 1.29 is 33.8 Å². The number of ether oxygens (including phenoxy) is 2. The summed E-state index contributed by atoms with van der Waals surface area (Å²) in [5.74, 6) is -3.27. The Morgan fingerprint density at radius 2 is 1.76 bits per heavy atom. The van der Waals surface area contributed by atoms with Crippen LogP contribution in [-0.4, -0.2) is 63.2 Å². The van der Waals surface area contributed by atoms with Gasteiger partial charge in [0.05, 0.1) is 23.5 Å². The molecule has 13 heteroatoms. The van der Waals surface area contributed by atoms with Crippen molar-refractivity contribution in [2.24, 2.45) is 29.6 Å². The predicted molar refractivity (Wildman–Crippen MR) is 183 cm³/mol. The summed E-state index contributed by atoms with van der Waals surface area (Å²) in [6.07, 6.45) is 0.686. The molecule has 2 bridgehead atoms. The van der Waals surface area contributed by atoms with E-state index >= 15 is 0 Å². The first kappa shape index (κ1) is 31.6. The minimum atomic E-state index is -1.23. The number of hydrogen-bond donors (Lipinski definition) is 3. The smallest absolute Gasteiger partial charge is 0.326 e. The minimum absolute atomic E-state index is 0.0462. The van der Waals surface area contributed by atoms with Crippen LogP contribution in [0, 0.1) is 29.6 Å². The van der Waals surface area contributed by atoms with Crippen LogP contribution >= 0.6 is 23.1 Å². The van der Waals surface area contributed by atoms with Crippen LogP contribution in [0.2, 0.25) is 0 Å². The summed E-state index contributed by atoms with van der Waals surface area (Å²) in [5, 5.41) is 15.2. The number of nitrogens with zero attached hydrogens (tertiary/aromatic N) is 1. The lowest BCUT2D eigenvalue weighted by atomic mass is 9.68. The zero-order valence-corrected chi connectivity index (χ0v) is 28.2. The van der Waals surface area contributed by atoms with E-state index in [1.807, 2.05) is 61.5 Å². The molecule has 3 N–H and O–H groups in total. The number of anilines is 1. The Balaban J connectivity index is 1.09. The van der Waals surface area contributed by atoms with E-state index in [4.69, 9.17) is 9.47 Å². The lowest BCUT2D eigenvalue weighted by Crippen LogP contribution is -2.44. The van der Waals surface area contributed by atoms with Crippen LogP contribution in [0.25, 0.3) is 10.8 Å². The molecule has 49 heavy (non-hydrogen) atoms. The molecular weight excluding hydrogens is 667 g/mol. The van der Waals surface area contributed by atoms with Crippen molar-refractivity contribution in [2.45, 2.75) is 42.5 Å². The van der Waals surface area contributed by atoms with Gasteiger partial charge in [0, 0.05) is 27.1 Å². The molecule has 3 aromatic carbocycles. The molecule has 2 aliphatic carbocycles. The molecule has 11 nitrogen and oxygen atoms in total. The number of aromatic nitrogens is 1. The maximum atomic E-state index is 13.7. The van der Waals surface area contributed by atoms with Crippen LogP contribution in [0.4, 0.5) is 5.69 Å². The van der Waals surface area contributed by atoms with Crippen molar-refractivity contribution in [3.63, 3.8) is 0 Å². The topological polar surface area (TPSA) is 155 Å². The van der Waals surface area contributed by atoms with E-state index in [9.17, 15) is 29.1 Å². The number of carbonyl (C=O) groups is 4. The maximum absolute atomic E-state index is 13.7. The number of likely N-dealkylation sites (tertiary alicyclic amines) is 1. The van der Waals surface area contributed by atoms with Crippen LogP contribution in [0.5, 0.6) is 11.5 Å². The van der Waals surface area contributed by atoms with Gasteiger partial charge in [0.2, 0.25) is 11.8 Å². The second-order valence-electron chi connectivity index (χ2n) is 13.0. The van der Waals surface area contributed by atoms with Crippen LogP contribution in [0.1, 0.15) is 36.6 Å². The number of H-pyrrole nitrogens is 1. The Bertz CT molecular complexity index is 2090. The van der Waals surface area contributed by atoms with Crippen molar-refractivity contribution in [3.05, 3.63) is 80.8 Å². The van der Waals surface area contributed by atoms with E-state index in [2.05, 4.69) is 10.3 Å². The third kappa shape index (κ3) is 5.04. The summed E-state index contributed by atoms with van der Waals surface area (Å²) < 4.78 is 12.0. The number of thioether (sulfide) groups is 1. The first-order valence-corrected chi connectivity index (χ1v) is 18.0. The number of carbonyl (C=O) groups excluding carboxylic acids is 3. The fourth-order valence-electron chi connectivity index (χ4n) is 8.67. The van der Waals surface area contributed by atoms with Gasteiger partial charge in [0.1, 0.15) is 6.04 Å². The van der Waals surface area contributed by atoms with E-state index in [1.165, 1.54) is 6.92 Å². The number of amides is 3. The summed E-state index contributed by atoms with van der Waals surface area (Å²) in [6.45, 7) is 3.33. The molecule has 4 aromatic rings. The standard InChI is InChI=1S/C36H33N3O8S2/c1-3-46-24-13-18(11-12-23(24)47-15-25(40)37-22-10-6-8-17-7-4-5-9-19(17)22)26-27-20-14-21(30(27)48-32-31(26)49-36(45)38-32)29-28(20)33(41)39(34(29)42)16(2)35(43)44/h4-13,16,20-21,26-30H,3,14-15H2,1-2H3,(H,37,40)(H,38,45)(H,43,44)/t16?,20?,21?,26-,27?,28?,29?,30?/m1/s1. The average Bonchev–Trinajstić information content (AvgIpc) is 3.82. The molecule has 3 amide bonds. The molecule has 3 heterocycles. The third-order valence-electron chi connectivity index (χ3n) is 10.6. The number of carboxylic acids is 1. The zero-order valence-electron chi connectivity index (χ0n) is 26.6. The highest BCUT2D eigenvalue weighted by Gasteiger charge is 2.70. The Hall–Kier alpha value is -4.62. The number of carboxylic acid groups (broad SMARTS) is 1. The van der Waals surface area contributed by atoms with Crippen LogP contribution in [0.15, 0.2) is 70.5 Å². The van der Waals surface area contributed by atoms with Gasteiger partial charge >= 0.3 is 10.8 Å². The number of aromatic amines is 1. The van der Waals surface area contributed by atoms with Gasteiger partial charge in [-0.2, -0.15) is 0 Å². The van der Waals surface area contributed by atoms with Crippen molar-refractivity contribution in [1.82, 2.24) is 9.88 Å². The van der Waals surface area contributed by atoms with Gasteiger partial charge < -0.3 is 24.9 Å². The van der Waals surface area contributed by atoms with Crippen molar-refractivity contribution in [3.8, 4) is 11.5 Å². The van der Waals surface area contributed by atoms with Gasteiger partial charge in [-0.15, -0.1) is 11.8 Å². The first-order chi connectivity index (χ1) is 23.7. The molecule has 252 valence electrons. The van der Waals surface area contributed by atoms with Crippen molar-refractivity contribution in [2.75, 3.05) is 18.5 Å². The molecule has 1 aromatic heterocycles. The molecule has 1 saturated heterocycles. The highest BCUT2D eigenvalue weighted by Crippen LogP contribution is 2.68.